The van der Waals surface area contributed by atoms with Crippen LogP contribution in [-0.2, 0) is 18.5 Å². The predicted octanol–water partition coefficient (Wildman–Crippen LogP) is 1.46. The fourth-order valence-corrected chi connectivity index (χ4v) is 6.65. The highest BCUT2D eigenvalue weighted by Gasteiger charge is 2.61. The van der Waals surface area contributed by atoms with E-state index in [-0.39, 0.29) is 12.1 Å². The number of hydrogen-bond acceptors (Lipinski definition) is 12. The Balaban J connectivity index is 1.47. The molecular weight excluding hydrogens is 485 g/mol. The summed E-state index contributed by atoms with van der Waals surface area (Å²) in [5.74, 6) is 1.18. The molecule has 4 heterocycles. The van der Waals surface area contributed by atoms with Gasteiger partial charge in [0.05, 0.1) is 12.2 Å². The maximum absolute atomic E-state index is 10.2. The Morgan fingerprint density at radius 2 is 2.19 bits per heavy atom. The van der Waals surface area contributed by atoms with Crippen molar-refractivity contribution in [1.82, 2.24) is 15.5 Å². The lowest BCUT2D eigenvalue weighted by atomic mass is 10.1. The van der Waals surface area contributed by atoms with Gasteiger partial charge in [-0.25, -0.2) is 4.99 Å². The number of benzene rings is 1. The monoisotopic (exact) mass is 506 g/mol. The van der Waals surface area contributed by atoms with Gasteiger partial charge in [-0.15, -0.1) is 0 Å². The van der Waals surface area contributed by atoms with Gasteiger partial charge in [0.2, 0.25) is 0 Å². The third kappa shape index (κ3) is 4.09. The quantitative estimate of drug-likeness (QED) is 0.303. The van der Waals surface area contributed by atoms with Crippen molar-refractivity contribution in [3.8, 4) is 0 Å². The summed E-state index contributed by atoms with van der Waals surface area (Å²) in [7, 11) is -1.63. The summed E-state index contributed by atoms with van der Waals surface area (Å²) in [6.45, 7) is 0.508. The normalized spacial score (nSPS) is 37.1. The molecule has 0 radical (unpaired) electrons. The number of nitrogens with one attached hydrogen (secondary N) is 2. The molecular formula is C17H22ClN5O5PS2+. The first kappa shape index (κ1) is 21.9. The summed E-state index contributed by atoms with van der Waals surface area (Å²) >= 11 is 11.7. The summed E-state index contributed by atoms with van der Waals surface area (Å²) in [5, 5.41) is 7.37. The molecule has 10 nitrogen and oxygen atoms in total. The van der Waals surface area contributed by atoms with Crippen LogP contribution in [0, 0.1) is 0 Å². The maximum atomic E-state index is 10.2. The highest BCUT2D eigenvalue weighted by molar-refractivity contribution is 8.47. The van der Waals surface area contributed by atoms with Crippen LogP contribution in [-0.4, -0.2) is 66.1 Å². The van der Waals surface area contributed by atoms with Crippen molar-refractivity contribution in [3.05, 3.63) is 40.8 Å². The third-order valence-electron chi connectivity index (χ3n) is 5.33. The minimum absolute atomic E-state index is 0.161. The standard InChI is InChI=1S/C17H22ClN5O5PS2/c1-25-13-12-10(6-26-29(24,30)28-12)27-16(13)23-15-11(14(19)20-7-21-15)22-17(23)31-9-4-2-8(18)3-5-9/h2-5,10,12-13,16-17,21-22,24,30H,6-7H2,1H3,(H2,19,20)/q+1/t10?,12-,13?,16?,17?,29?/m1/s1. The molecule has 0 aliphatic carbocycles. The number of nitrogens with two attached hydrogens (primary N) is 1. The number of nitrogens with zero attached hydrogens (tertiary/aromatic N) is 2. The number of hydrogen-bond donors (Lipinski definition) is 5. The molecule has 0 spiro atoms. The number of amidine groups is 1. The van der Waals surface area contributed by atoms with Gasteiger partial charge >= 0.3 is 7.15 Å². The Hall–Kier alpha value is -0.950. The van der Waals surface area contributed by atoms with Crippen LogP contribution in [0.25, 0.3) is 0 Å². The van der Waals surface area contributed by atoms with Crippen LogP contribution < -0.4 is 16.4 Å². The molecule has 5 rings (SSSR count). The van der Waals surface area contributed by atoms with E-state index in [4.69, 9.17) is 35.9 Å². The molecule has 2 fully saturated rings. The van der Waals surface area contributed by atoms with Crippen LogP contribution in [0.2, 0.25) is 5.02 Å². The van der Waals surface area contributed by atoms with E-state index in [1.165, 1.54) is 0 Å². The fourth-order valence-electron chi connectivity index (χ4n) is 3.95. The molecule has 5 N–H and O–H groups in total. The lowest BCUT2D eigenvalue weighted by molar-refractivity contribution is -0.0947. The molecule has 31 heavy (non-hydrogen) atoms. The van der Waals surface area contributed by atoms with Crippen LogP contribution in [0.15, 0.2) is 45.7 Å². The van der Waals surface area contributed by atoms with E-state index in [9.17, 15) is 4.89 Å². The van der Waals surface area contributed by atoms with Gasteiger partial charge < -0.3 is 25.8 Å². The molecule has 6 atom stereocenters. The molecule has 0 bridgehead atoms. The van der Waals surface area contributed by atoms with Gasteiger partial charge in [-0.3, -0.25) is 4.90 Å². The minimum atomic E-state index is -3.21. The molecule has 14 heteroatoms. The SMILES string of the molecule is COC1C(N2C3=C(NC2Sc2ccc(Cl)cc2)C(N)=NCN3)OC2CO[P+](O)(S)O[C@H]21. The summed E-state index contributed by atoms with van der Waals surface area (Å²) in [6.07, 6.45) is -1.99. The molecule has 168 valence electrons. The predicted molar refractivity (Wildman–Crippen MR) is 121 cm³/mol. The third-order valence-corrected chi connectivity index (χ3v) is 8.32. The molecule has 1 aromatic rings. The Labute approximate surface area is 194 Å². The van der Waals surface area contributed by atoms with Gasteiger partial charge in [0.25, 0.3) is 0 Å². The van der Waals surface area contributed by atoms with Crippen molar-refractivity contribution in [2.75, 3.05) is 20.4 Å². The first-order chi connectivity index (χ1) is 14.9. The molecule has 0 saturated carbocycles. The van der Waals surface area contributed by atoms with Crippen molar-refractivity contribution in [2.45, 2.75) is 34.9 Å². The van der Waals surface area contributed by atoms with Gasteiger partial charge in [0, 0.05) is 17.0 Å². The van der Waals surface area contributed by atoms with Crippen LogP contribution >= 0.6 is 42.8 Å². The van der Waals surface area contributed by atoms with Crippen molar-refractivity contribution >= 4 is 48.6 Å². The van der Waals surface area contributed by atoms with Gasteiger partial charge in [0.15, 0.2) is 17.8 Å². The van der Waals surface area contributed by atoms with Crippen LogP contribution in [0.1, 0.15) is 0 Å². The molecule has 4 aliphatic rings. The van der Waals surface area contributed by atoms with Gasteiger partial charge in [0.1, 0.15) is 42.8 Å². The fraction of sp³-hybridized carbons (Fsp3) is 0.471. The highest BCUT2D eigenvalue weighted by Crippen LogP contribution is 2.66. The van der Waals surface area contributed by atoms with Crippen LogP contribution in [0.5, 0.6) is 0 Å². The zero-order chi connectivity index (χ0) is 21.8. The zero-order valence-electron chi connectivity index (χ0n) is 16.3. The van der Waals surface area contributed by atoms with E-state index in [2.05, 4.69) is 27.9 Å². The lowest BCUT2D eigenvalue weighted by Gasteiger charge is -2.35. The molecule has 0 aromatic heterocycles. The summed E-state index contributed by atoms with van der Waals surface area (Å²) in [5.41, 5.74) is 6.57. The van der Waals surface area contributed by atoms with Crippen LogP contribution in [0.4, 0.5) is 0 Å². The Bertz CT molecular complexity index is 923. The highest BCUT2D eigenvalue weighted by atomic mass is 35.5. The lowest BCUT2D eigenvalue weighted by Crippen LogP contribution is -2.51. The summed E-state index contributed by atoms with van der Waals surface area (Å²) < 4.78 is 23.2. The Kier molecular flexibility index (Phi) is 5.95. The van der Waals surface area contributed by atoms with Crippen molar-refractivity contribution in [1.29, 1.82) is 0 Å². The van der Waals surface area contributed by atoms with E-state index in [0.29, 0.717) is 23.2 Å². The van der Waals surface area contributed by atoms with Gasteiger partial charge in [-0.05, 0) is 24.3 Å². The smallest absolute Gasteiger partial charge is 0.382 e. The first-order valence-electron chi connectivity index (χ1n) is 9.47. The van der Waals surface area contributed by atoms with Crippen molar-refractivity contribution in [2.24, 2.45) is 10.7 Å². The molecule has 0 amide bonds. The van der Waals surface area contributed by atoms with E-state index in [1.807, 2.05) is 29.2 Å². The average molecular weight is 507 g/mol. The number of fused-ring (bicyclic) bond motifs is 1. The maximum Gasteiger partial charge on any atom is 0.476 e. The second kappa shape index (κ2) is 8.44. The second-order valence-corrected chi connectivity index (χ2v) is 11.8. The number of methoxy groups -OCH3 is 1. The molecule has 2 saturated heterocycles. The summed E-state index contributed by atoms with van der Waals surface area (Å²) in [6, 6.07) is 7.57. The molecule has 5 unspecified atom stereocenters. The van der Waals surface area contributed by atoms with Crippen LogP contribution in [0.3, 0.4) is 0 Å². The first-order valence-corrected chi connectivity index (χ1v) is 13.5. The topological polar surface area (TPSA) is 123 Å². The van der Waals surface area contributed by atoms with E-state index < -0.39 is 31.7 Å². The Morgan fingerprint density at radius 3 is 2.94 bits per heavy atom. The number of halogens is 1. The summed E-state index contributed by atoms with van der Waals surface area (Å²) in [4.78, 5) is 17.5. The average Bonchev–Trinajstić information content (AvgIpc) is 3.26. The van der Waals surface area contributed by atoms with Crippen molar-refractivity contribution < 1.29 is 23.4 Å². The number of aliphatic imine (C=N–C) groups is 1. The number of thiol groups is 1. The second-order valence-electron chi connectivity index (χ2n) is 7.20. The van der Waals surface area contributed by atoms with E-state index >= 15 is 0 Å². The number of ether oxygens (including phenoxy) is 2. The number of rotatable bonds is 4. The molecule has 1 aromatic carbocycles. The Morgan fingerprint density at radius 1 is 1.42 bits per heavy atom. The van der Waals surface area contributed by atoms with E-state index in [1.54, 1.807) is 18.9 Å². The number of thioether (sulfide) groups is 1. The largest absolute Gasteiger partial charge is 0.476 e. The van der Waals surface area contributed by atoms with Gasteiger partial charge in [-0.2, -0.15) is 13.9 Å². The van der Waals surface area contributed by atoms with E-state index in [0.717, 1.165) is 10.7 Å². The zero-order valence-corrected chi connectivity index (χ0v) is 19.7. The van der Waals surface area contributed by atoms with Gasteiger partial charge in [-0.1, -0.05) is 23.4 Å². The molecule has 4 aliphatic heterocycles. The minimum Gasteiger partial charge on any atom is -0.382 e. The van der Waals surface area contributed by atoms with Crippen molar-refractivity contribution in [3.63, 3.8) is 0 Å².